The molecular weight excluding hydrogens is 468 g/mol. The highest BCUT2D eigenvalue weighted by Crippen LogP contribution is 2.35. The Morgan fingerprint density at radius 2 is 2.06 bits per heavy atom. The van der Waals surface area contributed by atoms with Crippen molar-refractivity contribution in [2.75, 3.05) is 18.9 Å². The van der Waals surface area contributed by atoms with Gasteiger partial charge in [0, 0.05) is 48.5 Å². The number of hydrogen-bond acceptors (Lipinski definition) is 6. The molecule has 2 aromatic carbocycles. The maximum absolute atomic E-state index is 13.4. The number of benzene rings is 2. The highest BCUT2D eigenvalue weighted by molar-refractivity contribution is 7.13. The molecule has 1 atom stereocenters. The standard InChI is InChI=1S/C25H23ClN6OS/c1-16-14-31(15-18-5-3-17(4-6-18)13-27-2)24(33)23-12-22(30-32(16)23)20-8-7-19(26)11-21(20)29-25-28-9-10-34-25/h3-13,16H,14-15H2,1-2H3,(H,28,29)/b27-13-/t16-/m0/s1. The van der Waals surface area contributed by atoms with Crippen molar-refractivity contribution >= 4 is 45.9 Å². The van der Waals surface area contributed by atoms with Crippen LogP contribution in [0.4, 0.5) is 10.8 Å². The van der Waals surface area contributed by atoms with Crippen LogP contribution in [0.2, 0.25) is 5.02 Å². The fraction of sp³-hybridized carbons (Fsp3) is 0.200. The Hall–Kier alpha value is -3.49. The molecule has 34 heavy (non-hydrogen) atoms. The van der Waals surface area contributed by atoms with Crippen LogP contribution in [0.5, 0.6) is 0 Å². The van der Waals surface area contributed by atoms with E-state index < -0.39 is 0 Å². The first-order valence-corrected chi connectivity index (χ1v) is 12.1. The number of hydrogen-bond donors (Lipinski definition) is 1. The predicted octanol–water partition coefficient (Wildman–Crippen LogP) is 5.67. The second kappa shape index (κ2) is 9.40. The molecule has 0 aliphatic carbocycles. The summed E-state index contributed by atoms with van der Waals surface area (Å²) in [5, 5.41) is 11.4. The van der Waals surface area contributed by atoms with Gasteiger partial charge in [-0.15, -0.1) is 11.3 Å². The van der Waals surface area contributed by atoms with Gasteiger partial charge in [-0.1, -0.05) is 35.9 Å². The zero-order valence-electron chi connectivity index (χ0n) is 18.8. The van der Waals surface area contributed by atoms with Gasteiger partial charge in [0.25, 0.3) is 5.91 Å². The van der Waals surface area contributed by atoms with Crippen molar-refractivity contribution < 1.29 is 4.79 Å². The van der Waals surface area contributed by atoms with E-state index in [0.717, 1.165) is 33.2 Å². The van der Waals surface area contributed by atoms with E-state index >= 15 is 0 Å². The first kappa shape index (κ1) is 22.3. The van der Waals surface area contributed by atoms with Crippen LogP contribution in [0.25, 0.3) is 11.3 Å². The number of rotatable bonds is 6. The largest absolute Gasteiger partial charge is 0.331 e. The maximum atomic E-state index is 13.4. The fourth-order valence-electron chi connectivity index (χ4n) is 4.12. The number of carbonyl (C=O) groups excluding carboxylic acids is 1. The number of carbonyl (C=O) groups is 1. The van der Waals surface area contributed by atoms with Crippen molar-refractivity contribution in [3.8, 4) is 11.3 Å². The number of fused-ring (bicyclic) bond motifs is 1. The van der Waals surface area contributed by atoms with Gasteiger partial charge in [-0.25, -0.2) is 4.98 Å². The Bertz CT molecular complexity index is 1350. The molecular formula is C25H23ClN6OS. The number of anilines is 2. The number of nitrogens with zero attached hydrogens (tertiary/aromatic N) is 5. The van der Waals surface area contributed by atoms with E-state index in [-0.39, 0.29) is 11.9 Å². The summed E-state index contributed by atoms with van der Waals surface area (Å²) in [6.45, 7) is 3.22. The molecule has 1 N–H and O–H groups in total. The molecule has 0 spiro atoms. The van der Waals surface area contributed by atoms with Gasteiger partial charge in [0.1, 0.15) is 5.69 Å². The van der Waals surface area contributed by atoms with Crippen LogP contribution in [0.1, 0.15) is 34.6 Å². The molecule has 0 radical (unpaired) electrons. The number of halogens is 1. The van der Waals surface area contributed by atoms with Crippen molar-refractivity contribution in [2.24, 2.45) is 4.99 Å². The average molecular weight is 491 g/mol. The number of nitrogens with one attached hydrogen (secondary N) is 1. The van der Waals surface area contributed by atoms with Crippen molar-refractivity contribution in [3.05, 3.63) is 82.0 Å². The van der Waals surface area contributed by atoms with Gasteiger partial charge in [-0.05, 0) is 42.3 Å². The molecule has 2 aromatic heterocycles. The van der Waals surface area contributed by atoms with Gasteiger partial charge < -0.3 is 10.2 Å². The Labute approximate surface area is 206 Å². The summed E-state index contributed by atoms with van der Waals surface area (Å²) >= 11 is 7.77. The van der Waals surface area contributed by atoms with Gasteiger partial charge in [0.05, 0.1) is 17.4 Å². The summed E-state index contributed by atoms with van der Waals surface area (Å²) in [7, 11) is 1.75. The molecule has 1 amide bonds. The van der Waals surface area contributed by atoms with E-state index in [0.29, 0.717) is 23.8 Å². The smallest absolute Gasteiger partial charge is 0.272 e. The SMILES string of the molecule is C/N=C\c1ccc(CN2C[C@H](C)n3nc(-c4ccc(Cl)cc4Nc4nccs4)cc3C2=O)cc1. The molecule has 0 saturated heterocycles. The molecule has 0 saturated carbocycles. The molecule has 7 nitrogen and oxygen atoms in total. The van der Waals surface area contributed by atoms with Crippen LogP contribution in [-0.2, 0) is 6.54 Å². The minimum atomic E-state index is -0.0283. The molecule has 9 heteroatoms. The Kier molecular flexibility index (Phi) is 6.17. The van der Waals surface area contributed by atoms with E-state index in [9.17, 15) is 4.79 Å². The molecule has 172 valence electrons. The third-order valence-corrected chi connectivity index (χ3v) is 6.63. The molecule has 0 unspecified atom stereocenters. The second-order valence-corrected chi connectivity index (χ2v) is 9.51. The summed E-state index contributed by atoms with van der Waals surface area (Å²) in [5.41, 5.74) is 5.08. The molecule has 3 heterocycles. The fourth-order valence-corrected chi connectivity index (χ4v) is 4.83. The highest BCUT2D eigenvalue weighted by Gasteiger charge is 2.31. The summed E-state index contributed by atoms with van der Waals surface area (Å²) in [4.78, 5) is 23.6. The van der Waals surface area contributed by atoms with Crippen LogP contribution < -0.4 is 5.32 Å². The van der Waals surface area contributed by atoms with Crippen LogP contribution in [0.15, 0.2) is 65.1 Å². The lowest BCUT2D eigenvalue weighted by molar-refractivity contribution is 0.0651. The first-order chi connectivity index (χ1) is 16.5. The Morgan fingerprint density at radius 1 is 1.24 bits per heavy atom. The monoisotopic (exact) mass is 490 g/mol. The first-order valence-electron chi connectivity index (χ1n) is 10.9. The third-order valence-electron chi connectivity index (χ3n) is 5.71. The molecule has 0 fully saturated rings. The van der Waals surface area contributed by atoms with Gasteiger partial charge >= 0.3 is 0 Å². The van der Waals surface area contributed by atoms with E-state index in [1.165, 1.54) is 11.3 Å². The third kappa shape index (κ3) is 4.47. The Morgan fingerprint density at radius 3 is 2.79 bits per heavy atom. The zero-order chi connectivity index (χ0) is 23.7. The van der Waals surface area contributed by atoms with Crippen LogP contribution >= 0.6 is 22.9 Å². The molecule has 0 bridgehead atoms. The number of aromatic nitrogens is 3. The topological polar surface area (TPSA) is 75.4 Å². The van der Waals surface area contributed by atoms with Gasteiger partial charge in [0.15, 0.2) is 5.13 Å². The van der Waals surface area contributed by atoms with Gasteiger partial charge in [-0.2, -0.15) is 5.10 Å². The summed E-state index contributed by atoms with van der Waals surface area (Å²) in [5.74, 6) is -0.0283. The molecule has 1 aliphatic heterocycles. The summed E-state index contributed by atoms with van der Waals surface area (Å²) in [6.07, 6.45) is 3.55. The second-order valence-electron chi connectivity index (χ2n) is 8.18. The number of amides is 1. The minimum absolute atomic E-state index is 0.0283. The van der Waals surface area contributed by atoms with E-state index in [2.05, 4.69) is 22.2 Å². The number of thiazole rings is 1. The predicted molar refractivity (Wildman–Crippen MR) is 137 cm³/mol. The van der Waals surface area contributed by atoms with Crippen LogP contribution in [0.3, 0.4) is 0 Å². The molecule has 5 rings (SSSR count). The zero-order valence-corrected chi connectivity index (χ0v) is 20.3. The maximum Gasteiger partial charge on any atom is 0.272 e. The van der Waals surface area contributed by atoms with Crippen molar-refractivity contribution in [1.29, 1.82) is 0 Å². The lowest BCUT2D eigenvalue weighted by Gasteiger charge is -2.31. The Balaban J connectivity index is 1.43. The average Bonchev–Trinajstić information content (AvgIpc) is 3.50. The van der Waals surface area contributed by atoms with Gasteiger partial charge in [0.2, 0.25) is 0 Å². The van der Waals surface area contributed by atoms with E-state index in [4.69, 9.17) is 16.7 Å². The van der Waals surface area contributed by atoms with Gasteiger partial charge in [-0.3, -0.25) is 14.5 Å². The molecule has 1 aliphatic rings. The van der Waals surface area contributed by atoms with E-state index in [1.54, 1.807) is 13.2 Å². The summed E-state index contributed by atoms with van der Waals surface area (Å²) in [6, 6.07) is 15.6. The summed E-state index contributed by atoms with van der Waals surface area (Å²) < 4.78 is 1.83. The minimum Gasteiger partial charge on any atom is -0.331 e. The van der Waals surface area contributed by atoms with Crippen LogP contribution in [0, 0.1) is 0 Å². The van der Waals surface area contributed by atoms with Crippen molar-refractivity contribution in [2.45, 2.75) is 19.5 Å². The number of aliphatic imine (C=N–C) groups is 1. The lowest BCUT2D eigenvalue weighted by Crippen LogP contribution is -2.41. The highest BCUT2D eigenvalue weighted by atomic mass is 35.5. The van der Waals surface area contributed by atoms with Crippen LogP contribution in [-0.4, -0.2) is 45.4 Å². The van der Waals surface area contributed by atoms with Crippen molar-refractivity contribution in [1.82, 2.24) is 19.7 Å². The quantitative estimate of drug-likeness (QED) is 0.353. The normalized spacial score (nSPS) is 15.7. The lowest BCUT2D eigenvalue weighted by atomic mass is 10.1. The molecule has 4 aromatic rings. The van der Waals surface area contributed by atoms with E-state index in [1.807, 2.05) is 69.7 Å². The van der Waals surface area contributed by atoms with Crippen molar-refractivity contribution in [3.63, 3.8) is 0 Å².